The summed E-state index contributed by atoms with van der Waals surface area (Å²) in [5, 5.41) is 0. The number of thioether (sulfide) groups is 1. The number of methoxy groups -OCH3 is 1. The number of ether oxygens (including phenoxy) is 3. The third-order valence-corrected chi connectivity index (χ3v) is 7.52. The largest absolute Gasteiger partial charge is 0.493 e. The van der Waals surface area contributed by atoms with Gasteiger partial charge < -0.3 is 14.2 Å². The zero-order chi connectivity index (χ0) is 24.8. The Hall–Kier alpha value is -2.84. The van der Waals surface area contributed by atoms with Crippen LogP contribution < -0.4 is 9.47 Å². The first-order valence-electron chi connectivity index (χ1n) is 11.7. The van der Waals surface area contributed by atoms with Gasteiger partial charge >= 0.3 is 5.97 Å². The van der Waals surface area contributed by atoms with E-state index in [2.05, 4.69) is 0 Å². The molecular weight excluding hydrogens is 482 g/mol. The lowest BCUT2D eigenvalue weighted by Gasteiger charge is -2.23. The Morgan fingerprint density at radius 3 is 2.66 bits per heavy atom. The van der Waals surface area contributed by atoms with Gasteiger partial charge in [-0.2, -0.15) is 0 Å². The van der Waals surface area contributed by atoms with Gasteiger partial charge in [0.05, 0.1) is 12.0 Å². The van der Waals surface area contributed by atoms with E-state index in [0.29, 0.717) is 27.3 Å². The van der Waals surface area contributed by atoms with Crippen molar-refractivity contribution in [1.82, 2.24) is 4.90 Å². The first-order chi connectivity index (χ1) is 16.9. The number of aryl methyl sites for hydroxylation is 1. The standard InChI is InChI=1S/C27H29NO5S2/c1-18-8-6-7-9-20(18)17-32-22-13-12-19(14-23(22)31-2)15-24-26(30)28(27(34)35-24)16-25(29)33-21-10-4-3-5-11-21/h6-9,12-15,21H,3-5,10-11,16-17H2,1-2H3/b24-15+. The topological polar surface area (TPSA) is 65.1 Å². The molecule has 1 saturated heterocycles. The zero-order valence-electron chi connectivity index (χ0n) is 20.0. The number of hydrogen-bond donors (Lipinski definition) is 0. The van der Waals surface area contributed by atoms with Crippen LogP contribution in [-0.2, 0) is 20.9 Å². The highest BCUT2D eigenvalue weighted by atomic mass is 32.2. The summed E-state index contributed by atoms with van der Waals surface area (Å²) in [5.74, 6) is 0.482. The first kappa shape index (κ1) is 25.3. The quantitative estimate of drug-likeness (QED) is 0.257. The molecule has 2 aromatic rings. The number of hydrogen-bond acceptors (Lipinski definition) is 7. The molecule has 8 heteroatoms. The monoisotopic (exact) mass is 511 g/mol. The molecule has 2 aliphatic rings. The van der Waals surface area contributed by atoms with Crippen molar-refractivity contribution < 1.29 is 23.8 Å². The van der Waals surface area contributed by atoms with E-state index in [-0.39, 0.29) is 18.6 Å². The van der Waals surface area contributed by atoms with E-state index >= 15 is 0 Å². The van der Waals surface area contributed by atoms with Crippen LogP contribution in [-0.4, -0.2) is 40.9 Å². The lowest BCUT2D eigenvalue weighted by molar-refractivity contribution is -0.152. The second-order valence-corrected chi connectivity index (χ2v) is 10.3. The van der Waals surface area contributed by atoms with E-state index in [9.17, 15) is 9.59 Å². The molecule has 1 aliphatic heterocycles. The summed E-state index contributed by atoms with van der Waals surface area (Å²) >= 11 is 6.55. The van der Waals surface area contributed by atoms with Gasteiger partial charge in [-0.1, -0.05) is 60.7 Å². The molecule has 2 aromatic carbocycles. The molecule has 1 saturated carbocycles. The predicted molar refractivity (Wildman–Crippen MR) is 141 cm³/mol. The number of amides is 1. The summed E-state index contributed by atoms with van der Waals surface area (Å²) in [7, 11) is 1.58. The van der Waals surface area contributed by atoms with Crippen LogP contribution in [0.5, 0.6) is 11.5 Å². The van der Waals surface area contributed by atoms with Crippen molar-refractivity contribution in [3.05, 3.63) is 64.1 Å². The van der Waals surface area contributed by atoms with E-state index in [0.717, 1.165) is 42.4 Å². The summed E-state index contributed by atoms with van der Waals surface area (Å²) < 4.78 is 17.4. The molecule has 0 spiro atoms. The minimum absolute atomic E-state index is 0.0517. The molecule has 0 unspecified atom stereocenters. The fraction of sp³-hybridized carbons (Fsp3) is 0.370. The predicted octanol–water partition coefficient (Wildman–Crippen LogP) is 5.66. The molecule has 184 valence electrons. The molecule has 6 nitrogen and oxygen atoms in total. The van der Waals surface area contributed by atoms with Crippen LogP contribution in [0, 0.1) is 6.92 Å². The number of nitrogens with zero attached hydrogens (tertiary/aromatic N) is 1. The maximum absolute atomic E-state index is 12.9. The van der Waals surface area contributed by atoms with E-state index < -0.39 is 5.97 Å². The normalized spacial score (nSPS) is 17.7. The van der Waals surface area contributed by atoms with Gasteiger partial charge in [-0.15, -0.1) is 0 Å². The van der Waals surface area contributed by atoms with Gasteiger partial charge in [0.15, 0.2) is 11.5 Å². The van der Waals surface area contributed by atoms with E-state index in [4.69, 9.17) is 26.4 Å². The first-order valence-corrected chi connectivity index (χ1v) is 13.0. The van der Waals surface area contributed by atoms with Crippen molar-refractivity contribution in [2.75, 3.05) is 13.7 Å². The van der Waals surface area contributed by atoms with Crippen molar-refractivity contribution in [3.63, 3.8) is 0 Å². The van der Waals surface area contributed by atoms with Crippen LogP contribution >= 0.6 is 24.0 Å². The summed E-state index contributed by atoms with van der Waals surface area (Å²) in [5.41, 5.74) is 3.03. The third-order valence-electron chi connectivity index (χ3n) is 6.14. The molecule has 0 N–H and O–H groups in total. The summed E-state index contributed by atoms with van der Waals surface area (Å²) in [6.45, 7) is 2.32. The Labute approximate surface area is 215 Å². The number of rotatable bonds is 8. The Balaban J connectivity index is 1.41. The van der Waals surface area contributed by atoms with E-state index in [1.165, 1.54) is 23.1 Å². The van der Waals surface area contributed by atoms with Gasteiger partial charge in [0, 0.05) is 0 Å². The Bertz CT molecular complexity index is 1140. The zero-order valence-corrected chi connectivity index (χ0v) is 21.6. The second kappa shape index (κ2) is 11.7. The van der Waals surface area contributed by atoms with Crippen LogP contribution in [0.15, 0.2) is 47.4 Å². The molecule has 2 fully saturated rings. The molecule has 4 rings (SSSR count). The fourth-order valence-corrected chi connectivity index (χ4v) is 5.40. The minimum atomic E-state index is -0.411. The Morgan fingerprint density at radius 1 is 1.14 bits per heavy atom. The Morgan fingerprint density at radius 2 is 1.91 bits per heavy atom. The molecule has 0 radical (unpaired) electrons. The van der Waals surface area contributed by atoms with Crippen LogP contribution in [0.2, 0.25) is 0 Å². The molecule has 35 heavy (non-hydrogen) atoms. The fourth-order valence-electron chi connectivity index (χ4n) is 4.14. The van der Waals surface area contributed by atoms with Crippen LogP contribution in [0.3, 0.4) is 0 Å². The number of thiocarbonyl (C=S) groups is 1. The average Bonchev–Trinajstić information content (AvgIpc) is 3.11. The van der Waals surface area contributed by atoms with Crippen molar-refractivity contribution in [2.45, 2.75) is 51.7 Å². The van der Waals surface area contributed by atoms with Crippen LogP contribution in [0.1, 0.15) is 48.8 Å². The lowest BCUT2D eigenvalue weighted by Crippen LogP contribution is -2.36. The smallest absolute Gasteiger partial charge is 0.326 e. The molecule has 1 aliphatic carbocycles. The minimum Gasteiger partial charge on any atom is -0.493 e. The van der Waals surface area contributed by atoms with Crippen molar-refractivity contribution in [3.8, 4) is 11.5 Å². The van der Waals surface area contributed by atoms with Crippen LogP contribution in [0.4, 0.5) is 0 Å². The van der Waals surface area contributed by atoms with E-state index in [1.807, 2.05) is 49.4 Å². The average molecular weight is 512 g/mol. The SMILES string of the molecule is COc1cc(/C=C2/SC(=S)N(CC(=O)OC3CCCCC3)C2=O)ccc1OCc1ccccc1C. The van der Waals surface area contributed by atoms with Crippen LogP contribution in [0.25, 0.3) is 6.08 Å². The maximum atomic E-state index is 12.9. The third kappa shape index (κ3) is 6.44. The van der Waals surface area contributed by atoms with Crippen molar-refractivity contribution >= 4 is 46.3 Å². The summed E-state index contributed by atoms with van der Waals surface area (Å²) in [6, 6.07) is 13.6. The van der Waals surface area contributed by atoms with Gasteiger partial charge in [-0.05, 0) is 67.5 Å². The highest BCUT2D eigenvalue weighted by molar-refractivity contribution is 8.26. The summed E-state index contributed by atoms with van der Waals surface area (Å²) in [6.07, 6.45) is 6.79. The van der Waals surface area contributed by atoms with Crippen molar-refractivity contribution in [2.24, 2.45) is 0 Å². The maximum Gasteiger partial charge on any atom is 0.326 e. The molecule has 1 heterocycles. The van der Waals surface area contributed by atoms with Gasteiger partial charge in [-0.25, -0.2) is 0 Å². The summed E-state index contributed by atoms with van der Waals surface area (Å²) in [4.78, 5) is 27.1. The van der Waals surface area contributed by atoms with Gasteiger partial charge in [0.25, 0.3) is 5.91 Å². The highest BCUT2D eigenvalue weighted by Crippen LogP contribution is 2.35. The second-order valence-electron chi connectivity index (χ2n) is 8.64. The molecular formula is C27H29NO5S2. The molecule has 0 atom stereocenters. The molecule has 0 aromatic heterocycles. The van der Waals surface area contributed by atoms with Gasteiger partial charge in [-0.3, -0.25) is 14.5 Å². The lowest BCUT2D eigenvalue weighted by atomic mass is 9.98. The Kier molecular flexibility index (Phi) is 8.46. The van der Waals surface area contributed by atoms with E-state index in [1.54, 1.807) is 13.2 Å². The molecule has 0 bridgehead atoms. The number of carbonyl (C=O) groups is 2. The van der Waals surface area contributed by atoms with Crippen molar-refractivity contribution in [1.29, 1.82) is 0 Å². The highest BCUT2D eigenvalue weighted by Gasteiger charge is 2.34. The molecule has 1 amide bonds. The number of carbonyl (C=O) groups excluding carboxylic acids is 2. The van der Waals surface area contributed by atoms with Gasteiger partial charge in [0.1, 0.15) is 23.6 Å². The number of esters is 1. The van der Waals surface area contributed by atoms with Gasteiger partial charge in [0.2, 0.25) is 0 Å². The number of benzene rings is 2.